The fourth-order valence-electron chi connectivity index (χ4n) is 3.67. The Hall–Kier alpha value is -3.29. The van der Waals surface area contributed by atoms with Crippen molar-refractivity contribution < 1.29 is 28.7 Å². The Kier molecular flexibility index (Phi) is 6.14. The van der Waals surface area contributed by atoms with E-state index in [4.69, 9.17) is 4.74 Å². The molecule has 0 radical (unpaired) electrons. The zero-order valence-electron chi connectivity index (χ0n) is 17.1. The molecule has 2 aliphatic rings. The van der Waals surface area contributed by atoms with E-state index in [0.717, 1.165) is 4.90 Å². The summed E-state index contributed by atoms with van der Waals surface area (Å²) in [6.07, 6.45) is 3.57. The van der Waals surface area contributed by atoms with Crippen LogP contribution in [0.5, 0.6) is 0 Å². The van der Waals surface area contributed by atoms with Crippen LogP contribution in [0.1, 0.15) is 44.0 Å². The molecule has 0 spiro atoms. The highest BCUT2D eigenvalue weighted by Crippen LogP contribution is 2.36. The van der Waals surface area contributed by atoms with E-state index in [1.54, 1.807) is 24.3 Å². The summed E-state index contributed by atoms with van der Waals surface area (Å²) in [5.41, 5.74) is 0.958. The van der Waals surface area contributed by atoms with E-state index >= 15 is 0 Å². The van der Waals surface area contributed by atoms with Gasteiger partial charge in [0.05, 0.1) is 11.8 Å². The summed E-state index contributed by atoms with van der Waals surface area (Å²) in [4.78, 5) is 62.3. The lowest BCUT2D eigenvalue weighted by Crippen LogP contribution is -2.46. The number of amides is 3. The molecule has 1 aliphatic heterocycles. The number of ether oxygens (including phenoxy) is 1. The number of ketones is 1. The molecule has 1 aliphatic carbocycles. The number of rotatable bonds is 6. The molecule has 0 bridgehead atoms. The third-order valence-electron chi connectivity index (χ3n) is 5.49. The molecule has 0 aromatic heterocycles. The number of anilines is 1. The van der Waals surface area contributed by atoms with Gasteiger partial charge in [0.2, 0.25) is 11.8 Å². The first-order valence-electron chi connectivity index (χ1n) is 9.85. The van der Waals surface area contributed by atoms with E-state index < -0.39 is 35.9 Å². The van der Waals surface area contributed by atoms with E-state index in [2.05, 4.69) is 5.32 Å². The first-order chi connectivity index (χ1) is 14.2. The van der Waals surface area contributed by atoms with Crippen LogP contribution in [0, 0.1) is 11.8 Å². The highest BCUT2D eigenvalue weighted by Gasteiger charge is 2.50. The van der Waals surface area contributed by atoms with Gasteiger partial charge in [0.1, 0.15) is 6.04 Å². The minimum Gasteiger partial charge on any atom is -0.451 e. The lowest BCUT2D eigenvalue weighted by Gasteiger charge is -2.23. The van der Waals surface area contributed by atoms with E-state index in [1.165, 1.54) is 20.8 Å². The molecule has 1 saturated heterocycles. The summed E-state index contributed by atoms with van der Waals surface area (Å²) in [5, 5.41) is 2.60. The second-order valence-electron chi connectivity index (χ2n) is 7.58. The molecular formula is C22H24N2O6. The van der Waals surface area contributed by atoms with E-state index in [-0.39, 0.29) is 17.6 Å². The van der Waals surface area contributed by atoms with Crippen molar-refractivity contribution in [2.45, 2.75) is 45.8 Å². The number of allylic oxidation sites excluding steroid dienone is 2. The SMILES string of the molecule is CC(=O)c1ccc(NC(=O)[C@H](C)OC(=O)[C@H](C)N2C(=O)[C@@H]3CC=CC[C@H]3C2=O)cc1. The Bertz CT molecular complexity index is 894. The van der Waals surface area contributed by atoms with Crippen LogP contribution in [0.3, 0.4) is 0 Å². The zero-order valence-corrected chi connectivity index (χ0v) is 17.1. The van der Waals surface area contributed by atoms with Crippen molar-refractivity contribution in [2.75, 3.05) is 5.32 Å². The van der Waals surface area contributed by atoms with Gasteiger partial charge in [0.15, 0.2) is 11.9 Å². The minimum absolute atomic E-state index is 0.0919. The standard InChI is InChI=1S/C22H24N2O6/c1-12(24-20(27)17-6-4-5-7-18(17)21(24)28)22(29)30-14(3)19(26)23-16-10-8-15(9-11-16)13(2)25/h4-5,8-12,14,17-18H,6-7H2,1-3H3,(H,23,26)/t12-,14-,17+,18+/m0/s1. The Morgan fingerprint density at radius 1 is 1.00 bits per heavy atom. The molecule has 1 heterocycles. The maximum absolute atomic E-state index is 12.6. The van der Waals surface area contributed by atoms with Gasteiger partial charge in [0, 0.05) is 11.3 Å². The monoisotopic (exact) mass is 412 g/mol. The molecule has 1 aromatic rings. The number of esters is 1. The lowest BCUT2D eigenvalue weighted by molar-refractivity contribution is -0.163. The Morgan fingerprint density at radius 2 is 1.53 bits per heavy atom. The third kappa shape index (κ3) is 4.17. The number of Topliss-reactive ketones (excluding diaryl/α,β-unsaturated/α-hetero) is 1. The van der Waals surface area contributed by atoms with Crippen molar-refractivity contribution in [3.05, 3.63) is 42.0 Å². The van der Waals surface area contributed by atoms with Crippen molar-refractivity contribution in [3.63, 3.8) is 0 Å². The molecule has 0 unspecified atom stereocenters. The fraction of sp³-hybridized carbons (Fsp3) is 0.409. The molecule has 3 amide bonds. The second-order valence-corrected chi connectivity index (χ2v) is 7.58. The highest BCUT2D eigenvalue weighted by atomic mass is 16.5. The number of benzene rings is 1. The third-order valence-corrected chi connectivity index (χ3v) is 5.49. The van der Waals surface area contributed by atoms with Crippen molar-refractivity contribution in [1.82, 2.24) is 4.90 Å². The van der Waals surface area contributed by atoms with Crippen LogP contribution in [0.25, 0.3) is 0 Å². The summed E-state index contributed by atoms with van der Waals surface area (Å²) >= 11 is 0. The van der Waals surface area contributed by atoms with Crippen molar-refractivity contribution in [1.29, 1.82) is 0 Å². The van der Waals surface area contributed by atoms with Gasteiger partial charge in [-0.15, -0.1) is 0 Å². The van der Waals surface area contributed by atoms with Crippen molar-refractivity contribution in [3.8, 4) is 0 Å². The van der Waals surface area contributed by atoms with Crippen LogP contribution >= 0.6 is 0 Å². The Labute approximate surface area is 174 Å². The Balaban J connectivity index is 1.59. The number of hydrogen-bond acceptors (Lipinski definition) is 6. The number of fused-ring (bicyclic) bond motifs is 1. The van der Waals surface area contributed by atoms with Crippen LogP contribution in [-0.2, 0) is 23.9 Å². The second kappa shape index (κ2) is 8.61. The average molecular weight is 412 g/mol. The number of carbonyl (C=O) groups is 5. The van der Waals surface area contributed by atoms with Crippen LogP contribution in [0.15, 0.2) is 36.4 Å². The molecule has 30 heavy (non-hydrogen) atoms. The molecule has 3 rings (SSSR count). The maximum Gasteiger partial charge on any atom is 0.329 e. The zero-order chi connectivity index (χ0) is 22.0. The molecule has 4 atom stereocenters. The normalized spacial score (nSPS) is 22.3. The maximum atomic E-state index is 12.6. The molecule has 1 fully saturated rings. The van der Waals surface area contributed by atoms with Crippen LogP contribution < -0.4 is 5.32 Å². The van der Waals surface area contributed by atoms with Gasteiger partial charge < -0.3 is 10.1 Å². The van der Waals surface area contributed by atoms with Crippen LogP contribution in [0.2, 0.25) is 0 Å². The summed E-state index contributed by atoms with van der Waals surface area (Å²) in [6.45, 7) is 4.27. The summed E-state index contributed by atoms with van der Waals surface area (Å²) in [5.74, 6) is -3.09. The van der Waals surface area contributed by atoms with Crippen molar-refractivity contribution >= 4 is 35.2 Å². The van der Waals surface area contributed by atoms with E-state index in [0.29, 0.717) is 24.1 Å². The molecule has 8 nitrogen and oxygen atoms in total. The van der Waals surface area contributed by atoms with E-state index in [9.17, 15) is 24.0 Å². The predicted molar refractivity (Wildman–Crippen MR) is 107 cm³/mol. The average Bonchev–Trinajstić information content (AvgIpc) is 2.98. The number of nitrogens with one attached hydrogen (secondary N) is 1. The number of carbonyl (C=O) groups excluding carboxylic acids is 5. The summed E-state index contributed by atoms with van der Waals surface area (Å²) < 4.78 is 5.20. The highest BCUT2D eigenvalue weighted by molar-refractivity contribution is 6.08. The molecule has 0 saturated carbocycles. The lowest BCUT2D eigenvalue weighted by atomic mass is 9.85. The van der Waals surface area contributed by atoms with Crippen molar-refractivity contribution in [2.24, 2.45) is 11.8 Å². The van der Waals surface area contributed by atoms with Gasteiger partial charge in [-0.05, 0) is 57.9 Å². The molecule has 158 valence electrons. The van der Waals surface area contributed by atoms with Gasteiger partial charge in [0.25, 0.3) is 5.91 Å². The molecule has 8 heteroatoms. The van der Waals surface area contributed by atoms with Gasteiger partial charge in [-0.2, -0.15) is 0 Å². The number of nitrogens with zero attached hydrogens (tertiary/aromatic N) is 1. The smallest absolute Gasteiger partial charge is 0.329 e. The molecule has 1 aromatic carbocycles. The van der Waals surface area contributed by atoms with Crippen LogP contribution in [0.4, 0.5) is 5.69 Å². The number of likely N-dealkylation sites (tertiary alicyclic amines) is 1. The fourth-order valence-corrected chi connectivity index (χ4v) is 3.67. The quantitative estimate of drug-likeness (QED) is 0.332. The van der Waals surface area contributed by atoms with Crippen LogP contribution in [-0.4, -0.2) is 46.5 Å². The van der Waals surface area contributed by atoms with E-state index in [1.807, 2.05) is 12.2 Å². The molecular weight excluding hydrogens is 388 g/mol. The minimum atomic E-state index is -1.14. The first kappa shape index (κ1) is 21.4. The number of hydrogen-bond donors (Lipinski definition) is 1. The Morgan fingerprint density at radius 3 is 2.03 bits per heavy atom. The van der Waals surface area contributed by atoms with Gasteiger partial charge in [-0.25, -0.2) is 4.79 Å². The molecule has 1 N–H and O–H groups in total. The largest absolute Gasteiger partial charge is 0.451 e. The van der Waals surface area contributed by atoms with Gasteiger partial charge in [-0.1, -0.05) is 12.2 Å². The predicted octanol–water partition coefficient (Wildman–Crippen LogP) is 2.10. The topological polar surface area (TPSA) is 110 Å². The summed E-state index contributed by atoms with van der Waals surface area (Å²) in [6, 6.07) is 5.19. The number of imide groups is 1. The first-order valence-corrected chi connectivity index (χ1v) is 9.85. The van der Waals surface area contributed by atoms with Gasteiger partial charge >= 0.3 is 5.97 Å². The van der Waals surface area contributed by atoms with Gasteiger partial charge in [-0.3, -0.25) is 24.1 Å². The summed E-state index contributed by atoms with van der Waals surface area (Å²) in [7, 11) is 0.